The quantitative estimate of drug-likeness (QED) is 0.817. The van der Waals surface area contributed by atoms with Crippen LogP contribution in [0.1, 0.15) is 35.3 Å². The van der Waals surface area contributed by atoms with Crippen LogP contribution in [-0.2, 0) is 17.8 Å². The van der Waals surface area contributed by atoms with Crippen LogP contribution in [0.3, 0.4) is 0 Å². The van der Waals surface area contributed by atoms with Gasteiger partial charge in [0.1, 0.15) is 5.15 Å². The largest absolute Gasteiger partial charge is 0.373 e. The van der Waals surface area contributed by atoms with Gasteiger partial charge in [-0.15, -0.1) is 0 Å². The Kier molecular flexibility index (Phi) is 6.25. The first-order valence-electron chi connectivity index (χ1n) is 8.85. The van der Waals surface area contributed by atoms with Crippen molar-refractivity contribution in [3.05, 3.63) is 64.4 Å². The fourth-order valence-electron chi connectivity index (χ4n) is 3.26. The van der Waals surface area contributed by atoms with Gasteiger partial charge in [0.05, 0.1) is 12.2 Å². The molecule has 26 heavy (non-hydrogen) atoms. The number of halogens is 1. The van der Waals surface area contributed by atoms with Crippen molar-refractivity contribution in [3.8, 4) is 0 Å². The van der Waals surface area contributed by atoms with Crippen LogP contribution < -0.4 is 5.32 Å². The summed E-state index contributed by atoms with van der Waals surface area (Å²) in [6, 6.07) is 11.6. The van der Waals surface area contributed by atoms with E-state index in [1.54, 1.807) is 12.1 Å². The van der Waals surface area contributed by atoms with Gasteiger partial charge in [0.15, 0.2) is 0 Å². The summed E-state index contributed by atoms with van der Waals surface area (Å²) >= 11 is 5.82. The van der Waals surface area contributed by atoms with Gasteiger partial charge < -0.3 is 10.1 Å². The van der Waals surface area contributed by atoms with E-state index >= 15 is 0 Å². The van der Waals surface area contributed by atoms with Crippen LogP contribution in [0.4, 0.5) is 0 Å². The highest BCUT2D eigenvalue weighted by atomic mass is 35.5. The molecule has 0 spiro atoms. The molecule has 1 N–H and O–H groups in total. The highest BCUT2D eigenvalue weighted by Gasteiger charge is 2.21. The van der Waals surface area contributed by atoms with E-state index in [9.17, 15) is 4.79 Å². The van der Waals surface area contributed by atoms with Crippen molar-refractivity contribution >= 4 is 17.5 Å². The maximum absolute atomic E-state index is 12.1. The minimum Gasteiger partial charge on any atom is -0.373 e. The molecule has 1 saturated heterocycles. The molecule has 2 heterocycles. The molecule has 3 rings (SSSR count). The summed E-state index contributed by atoms with van der Waals surface area (Å²) in [4.78, 5) is 18.4. The molecule has 138 valence electrons. The number of rotatable bonds is 5. The monoisotopic (exact) mass is 373 g/mol. The summed E-state index contributed by atoms with van der Waals surface area (Å²) in [5.41, 5.74) is 2.84. The summed E-state index contributed by atoms with van der Waals surface area (Å²) in [7, 11) is 0. The van der Waals surface area contributed by atoms with E-state index in [2.05, 4.69) is 53.3 Å². The minimum absolute atomic E-state index is 0.158. The lowest BCUT2D eigenvalue weighted by molar-refractivity contribution is -0.0704. The summed E-state index contributed by atoms with van der Waals surface area (Å²) in [5, 5.41) is 3.22. The lowest BCUT2D eigenvalue weighted by Gasteiger charge is -2.35. The zero-order valence-corrected chi connectivity index (χ0v) is 15.9. The molecular weight excluding hydrogens is 350 g/mol. The first-order chi connectivity index (χ1) is 12.5. The van der Waals surface area contributed by atoms with E-state index in [1.165, 1.54) is 11.8 Å². The van der Waals surface area contributed by atoms with Gasteiger partial charge in [-0.2, -0.15) is 0 Å². The third-order valence-corrected chi connectivity index (χ3v) is 4.57. The van der Waals surface area contributed by atoms with Crippen LogP contribution >= 0.6 is 11.6 Å². The van der Waals surface area contributed by atoms with Gasteiger partial charge in [-0.3, -0.25) is 9.69 Å². The molecule has 1 aliphatic rings. The highest BCUT2D eigenvalue weighted by molar-refractivity contribution is 6.29. The topological polar surface area (TPSA) is 54.5 Å². The molecule has 6 heteroatoms. The maximum Gasteiger partial charge on any atom is 0.251 e. The highest BCUT2D eigenvalue weighted by Crippen LogP contribution is 2.15. The van der Waals surface area contributed by atoms with Crippen LogP contribution in [0, 0.1) is 0 Å². The molecule has 1 aromatic carbocycles. The fourth-order valence-corrected chi connectivity index (χ4v) is 3.44. The Labute approximate surface area is 159 Å². The molecule has 0 radical (unpaired) electrons. The van der Waals surface area contributed by atoms with Gasteiger partial charge in [-0.25, -0.2) is 4.98 Å². The van der Waals surface area contributed by atoms with Crippen molar-refractivity contribution in [1.29, 1.82) is 0 Å². The van der Waals surface area contributed by atoms with Crippen LogP contribution in [0.25, 0.3) is 0 Å². The molecule has 2 atom stereocenters. The Morgan fingerprint density at radius 3 is 2.50 bits per heavy atom. The van der Waals surface area contributed by atoms with Crippen molar-refractivity contribution < 1.29 is 9.53 Å². The Morgan fingerprint density at radius 1 is 1.19 bits per heavy atom. The van der Waals surface area contributed by atoms with Gasteiger partial charge >= 0.3 is 0 Å². The van der Waals surface area contributed by atoms with E-state index in [-0.39, 0.29) is 18.1 Å². The third kappa shape index (κ3) is 5.27. The Morgan fingerprint density at radius 2 is 1.85 bits per heavy atom. The van der Waals surface area contributed by atoms with Crippen molar-refractivity contribution in [3.63, 3.8) is 0 Å². The number of pyridine rings is 1. The van der Waals surface area contributed by atoms with Gasteiger partial charge in [0.25, 0.3) is 5.91 Å². The molecule has 1 aliphatic heterocycles. The number of ether oxygens (including phenoxy) is 1. The number of morpholine rings is 1. The van der Waals surface area contributed by atoms with Gasteiger partial charge in [0, 0.05) is 37.9 Å². The van der Waals surface area contributed by atoms with Gasteiger partial charge in [-0.1, -0.05) is 35.9 Å². The summed E-state index contributed by atoms with van der Waals surface area (Å²) in [6.45, 7) is 7.53. The average Bonchev–Trinajstić information content (AvgIpc) is 2.60. The van der Waals surface area contributed by atoms with E-state index in [0.29, 0.717) is 17.3 Å². The van der Waals surface area contributed by atoms with Crippen LogP contribution in [0.2, 0.25) is 5.15 Å². The van der Waals surface area contributed by atoms with Crippen molar-refractivity contribution in [2.75, 3.05) is 13.1 Å². The lowest BCUT2D eigenvalue weighted by atomic mass is 10.1. The molecule has 2 aromatic rings. The molecular formula is C20H24ClN3O2. The fraction of sp³-hybridized carbons (Fsp3) is 0.400. The number of hydrogen-bond donors (Lipinski definition) is 1. The van der Waals surface area contributed by atoms with E-state index in [0.717, 1.165) is 25.2 Å². The first kappa shape index (κ1) is 18.8. The van der Waals surface area contributed by atoms with Crippen molar-refractivity contribution in [1.82, 2.24) is 15.2 Å². The smallest absolute Gasteiger partial charge is 0.251 e. The Bertz CT molecular complexity index is 741. The number of aromatic nitrogens is 1. The standard InChI is InChI=1S/C20H24ClN3O2/c1-14-11-24(12-15(2)26-14)13-17-5-3-16(4-6-17)10-23-20(25)18-7-8-22-19(21)9-18/h3-9,14-15H,10-13H2,1-2H3,(H,23,25). The molecule has 2 unspecified atom stereocenters. The number of benzene rings is 1. The minimum atomic E-state index is -0.158. The predicted molar refractivity (Wildman–Crippen MR) is 102 cm³/mol. The van der Waals surface area contributed by atoms with Crippen molar-refractivity contribution in [2.45, 2.75) is 39.1 Å². The molecule has 1 fully saturated rings. The number of carbonyl (C=O) groups excluding carboxylic acids is 1. The second-order valence-electron chi connectivity index (χ2n) is 6.82. The number of nitrogens with one attached hydrogen (secondary N) is 1. The van der Waals surface area contributed by atoms with E-state index in [4.69, 9.17) is 16.3 Å². The summed E-state index contributed by atoms with van der Waals surface area (Å²) in [6.07, 6.45) is 2.07. The van der Waals surface area contributed by atoms with Crippen LogP contribution in [0.15, 0.2) is 42.6 Å². The Balaban J connectivity index is 1.52. The number of nitrogens with zero attached hydrogens (tertiary/aromatic N) is 2. The molecule has 0 bridgehead atoms. The zero-order valence-electron chi connectivity index (χ0n) is 15.1. The summed E-state index contributed by atoms with van der Waals surface area (Å²) in [5.74, 6) is -0.158. The lowest BCUT2D eigenvalue weighted by Crippen LogP contribution is -2.44. The normalized spacial score (nSPS) is 20.7. The SMILES string of the molecule is CC1CN(Cc2ccc(CNC(=O)c3ccnc(Cl)c3)cc2)CC(C)O1. The predicted octanol–water partition coefficient (Wildman–Crippen LogP) is 3.27. The van der Waals surface area contributed by atoms with E-state index < -0.39 is 0 Å². The number of carbonyl (C=O) groups is 1. The van der Waals surface area contributed by atoms with Gasteiger partial charge in [-0.05, 0) is 37.1 Å². The summed E-state index contributed by atoms with van der Waals surface area (Å²) < 4.78 is 5.78. The molecule has 1 aromatic heterocycles. The number of hydrogen-bond acceptors (Lipinski definition) is 4. The van der Waals surface area contributed by atoms with Crippen LogP contribution in [0.5, 0.6) is 0 Å². The molecule has 5 nitrogen and oxygen atoms in total. The number of amides is 1. The second kappa shape index (κ2) is 8.62. The molecule has 1 amide bonds. The van der Waals surface area contributed by atoms with Gasteiger partial charge in [0.2, 0.25) is 0 Å². The maximum atomic E-state index is 12.1. The average molecular weight is 374 g/mol. The van der Waals surface area contributed by atoms with Crippen LogP contribution in [-0.4, -0.2) is 41.1 Å². The zero-order chi connectivity index (χ0) is 18.5. The van der Waals surface area contributed by atoms with E-state index in [1.807, 2.05) is 0 Å². The Hall–Kier alpha value is -1.95. The second-order valence-corrected chi connectivity index (χ2v) is 7.21. The third-order valence-electron chi connectivity index (χ3n) is 4.37. The molecule has 0 saturated carbocycles. The molecule has 0 aliphatic carbocycles. The first-order valence-corrected chi connectivity index (χ1v) is 9.23. The van der Waals surface area contributed by atoms with Crippen molar-refractivity contribution in [2.24, 2.45) is 0 Å².